The van der Waals surface area contributed by atoms with Crippen molar-refractivity contribution < 1.29 is 9.59 Å². The summed E-state index contributed by atoms with van der Waals surface area (Å²) in [6.07, 6.45) is 0.871. The van der Waals surface area contributed by atoms with Crippen molar-refractivity contribution in [3.8, 4) is 0 Å². The summed E-state index contributed by atoms with van der Waals surface area (Å²) in [5.41, 5.74) is 6.22. The van der Waals surface area contributed by atoms with Gasteiger partial charge in [0, 0.05) is 18.5 Å². The van der Waals surface area contributed by atoms with Crippen molar-refractivity contribution in [2.45, 2.75) is 26.2 Å². The van der Waals surface area contributed by atoms with Gasteiger partial charge in [0.2, 0.25) is 11.8 Å². The maximum absolute atomic E-state index is 12.2. The first-order chi connectivity index (χ1) is 12.0. The highest BCUT2D eigenvalue weighted by Crippen LogP contribution is 2.47. The lowest BCUT2D eigenvalue weighted by molar-refractivity contribution is -0.122. The first kappa shape index (κ1) is 16.9. The third-order valence-electron chi connectivity index (χ3n) is 4.31. The average Bonchev–Trinajstić information content (AvgIpc) is 3.41. The van der Waals surface area contributed by atoms with Crippen LogP contribution in [0.25, 0.3) is 0 Å². The zero-order valence-corrected chi connectivity index (χ0v) is 14.3. The zero-order chi connectivity index (χ0) is 17.8. The van der Waals surface area contributed by atoms with E-state index in [1.165, 1.54) is 12.5 Å². The molecule has 1 fully saturated rings. The van der Waals surface area contributed by atoms with Crippen LogP contribution < -0.4 is 10.7 Å². The number of carbonyl (C=O) groups is 2. The van der Waals surface area contributed by atoms with E-state index in [1.54, 1.807) is 0 Å². The minimum Gasteiger partial charge on any atom is -0.326 e. The van der Waals surface area contributed by atoms with Crippen molar-refractivity contribution in [2.24, 2.45) is 11.0 Å². The van der Waals surface area contributed by atoms with E-state index in [-0.39, 0.29) is 17.7 Å². The van der Waals surface area contributed by atoms with Crippen molar-refractivity contribution in [1.82, 2.24) is 5.43 Å². The summed E-state index contributed by atoms with van der Waals surface area (Å²) in [6.45, 7) is 3.31. The molecule has 0 unspecified atom stereocenters. The fourth-order valence-electron chi connectivity index (χ4n) is 2.84. The molecule has 0 heterocycles. The third kappa shape index (κ3) is 4.32. The van der Waals surface area contributed by atoms with Crippen molar-refractivity contribution >= 4 is 23.2 Å². The van der Waals surface area contributed by atoms with Gasteiger partial charge in [-0.25, -0.2) is 5.43 Å². The number of anilines is 1. The SMILES string of the molecule is CC(=O)Nc1ccc(C(C)=NNC(=O)[C@H]2C[C@H]2c2ccccc2)cc1. The molecular formula is C20H21N3O2. The van der Waals surface area contributed by atoms with Crippen LogP contribution in [-0.4, -0.2) is 17.5 Å². The lowest BCUT2D eigenvalue weighted by Gasteiger charge is -2.05. The van der Waals surface area contributed by atoms with Crippen molar-refractivity contribution in [3.05, 3.63) is 65.7 Å². The predicted octanol–water partition coefficient (Wildman–Crippen LogP) is 3.29. The van der Waals surface area contributed by atoms with Gasteiger partial charge in [0.1, 0.15) is 0 Å². The van der Waals surface area contributed by atoms with Gasteiger partial charge in [0.25, 0.3) is 0 Å². The van der Waals surface area contributed by atoms with E-state index in [2.05, 4.69) is 28.0 Å². The second kappa shape index (κ2) is 7.30. The summed E-state index contributed by atoms with van der Waals surface area (Å²) in [5.74, 6) is 0.153. The molecule has 0 aliphatic heterocycles. The van der Waals surface area contributed by atoms with Gasteiger partial charge in [0.15, 0.2) is 0 Å². The normalized spacial score (nSPS) is 19.2. The molecule has 2 amide bonds. The molecule has 2 N–H and O–H groups in total. The van der Waals surface area contributed by atoms with Gasteiger partial charge in [0.05, 0.1) is 5.71 Å². The van der Waals surface area contributed by atoms with E-state index in [0.717, 1.165) is 23.4 Å². The molecule has 1 saturated carbocycles. The minimum absolute atomic E-state index is 0.00101. The van der Waals surface area contributed by atoms with Gasteiger partial charge >= 0.3 is 0 Å². The Balaban J connectivity index is 1.56. The van der Waals surface area contributed by atoms with Crippen LogP contribution in [0.3, 0.4) is 0 Å². The van der Waals surface area contributed by atoms with E-state index in [4.69, 9.17) is 0 Å². The molecule has 0 aromatic heterocycles. The maximum Gasteiger partial charge on any atom is 0.243 e. The molecular weight excluding hydrogens is 314 g/mol. The van der Waals surface area contributed by atoms with E-state index in [9.17, 15) is 9.59 Å². The summed E-state index contributed by atoms with van der Waals surface area (Å²) >= 11 is 0. The summed E-state index contributed by atoms with van der Waals surface area (Å²) in [7, 11) is 0. The number of nitrogens with zero attached hydrogens (tertiary/aromatic N) is 1. The minimum atomic E-state index is -0.109. The van der Waals surface area contributed by atoms with Crippen LogP contribution in [0.5, 0.6) is 0 Å². The Morgan fingerprint density at radius 2 is 1.68 bits per heavy atom. The standard InChI is InChI=1S/C20H21N3O2/c1-13(15-8-10-17(11-9-15)21-14(2)24)22-23-20(25)19-12-18(19)16-6-4-3-5-7-16/h3-11,18-19H,12H2,1-2H3,(H,21,24)(H,23,25)/t18-,19-/m0/s1. The molecule has 1 aliphatic rings. The van der Waals surface area contributed by atoms with Crippen LogP contribution >= 0.6 is 0 Å². The topological polar surface area (TPSA) is 70.6 Å². The quantitative estimate of drug-likeness (QED) is 0.650. The molecule has 5 nitrogen and oxygen atoms in total. The van der Waals surface area contributed by atoms with Crippen LogP contribution in [0.4, 0.5) is 5.69 Å². The molecule has 2 aromatic carbocycles. The lowest BCUT2D eigenvalue weighted by atomic mass is 10.1. The number of hydrogen-bond donors (Lipinski definition) is 2. The predicted molar refractivity (Wildman–Crippen MR) is 98.4 cm³/mol. The molecule has 3 rings (SSSR count). The number of amides is 2. The van der Waals surface area contributed by atoms with Crippen molar-refractivity contribution in [2.75, 3.05) is 5.32 Å². The van der Waals surface area contributed by atoms with E-state index < -0.39 is 0 Å². The molecule has 0 radical (unpaired) electrons. The van der Waals surface area contributed by atoms with Gasteiger partial charge in [-0.05, 0) is 42.5 Å². The summed E-state index contributed by atoms with van der Waals surface area (Å²) in [5, 5.41) is 6.92. The molecule has 2 atom stereocenters. The second-order valence-corrected chi connectivity index (χ2v) is 6.29. The largest absolute Gasteiger partial charge is 0.326 e. The fourth-order valence-corrected chi connectivity index (χ4v) is 2.84. The van der Waals surface area contributed by atoms with Crippen LogP contribution in [0.1, 0.15) is 37.3 Å². The number of hydrogen-bond acceptors (Lipinski definition) is 3. The Morgan fingerprint density at radius 3 is 2.32 bits per heavy atom. The molecule has 128 valence electrons. The van der Waals surface area contributed by atoms with Crippen LogP contribution in [-0.2, 0) is 9.59 Å². The highest BCUT2D eigenvalue weighted by molar-refractivity contribution is 6.00. The number of carbonyl (C=O) groups excluding carboxylic acids is 2. The molecule has 1 aliphatic carbocycles. The van der Waals surface area contributed by atoms with Crippen molar-refractivity contribution in [3.63, 3.8) is 0 Å². The highest BCUT2D eigenvalue weighted by Gasteiger charge is 2.43. The fraction of sp³-hybridized carbons (Fsp3) is 0.250. The Morgan fingerprint density at radius 1 is 1.00 bits per heavy atom. The number of hydrazone groups is 1. The monoisotopic (exact) mass is 335 g/mol. The number of benzene rings is 2. The van der Waals surface area contributed by atoms with Crippen LogP contribution in [0, 0.1) is 5.92 Å². The van der Waals surface area contributed by atoms with Crippen LogP contribution in [0.15, 0.2) is 59.7 Å². The number of nitrogens with one attached hydrogen (secondary N) is 2. The Kier molecular flexibility index (Phi) is 4.93. The van der Waals surface area contributed by atoms with E-state index >= 15 is 0 Å². The average molecular weight is 335 g/mol. The zero-order valence-electron chi connectivity index (χ0n) is 14.3. The van der Waals surface area contributed by atoms with Crippen molar-refractivity contribution in [1.29, 1.82) is 0 Å². The number of rotatable bonds is 5. The van der Waals surface area contributed by atoms with Gasteiger partial charge in [-0.1, -0.05) is 42.5 Å². The second-order valence-electron chi connectivity index (χ2n) is 6.29. The molecule has 0 spiro atoms. The third-order valence-corrected chi connectivity index (χ3v) is 4.31. The Hall–Kier alpha value is -2.95. The summed E-state index contributed by atoms with van der Waals surface area (Å²) < 4.78 is 0. The first-order valence-corrected chi connectivity index (χ1v) is 8.31. The lowest BCUT2D eigenvalue weighted by Crippen LogP contribution is -2.21. The van der Waals surface area contributed by atoms with Crippen LogP contribution in [0.2, 0.25) is 0 Å². The van der Waals surface area contributed by atoms with Gasteiger partial charge in [-0.2, -0.15) is 5.10 Å². The molecule has 5 heteroatoms. The van der Waals surface area contributed by atoms with Gasteiger partial charge in [-0.15, -0.1) is 0 Å². The highest BCUT2D eigenvalue weighted by atomic mass is 16.2. The summed E-state index contributed by atoms with van der Waals surface area (Å²) in [4.78, 5) is 23.3. The molecule has 2 aromatic rings. The van der Waals surface area contributed by atoms with E-state index in [0.29, 0.717) is 5.92 Å². The Labute approximate surface area is 147 Å². The van der Waals surface area contributed by atoms with Gasteiger partial charge in [-0.3, -0.25) is 9.59 Å². The maximum atomic E-state index is 12.2. The van der Waals surface area contributed by atoms with E-state index in [1.807, 2.05) is 49.4 Å². The molecule has 0 saturated heterocycles. The molecule has 0 bridgehead atoms. The smallest absolute Gasteiger partial charge is 0.243 e. The summed E-state index contributed by atoms with van der Waals surface area (Å²) in [6, 6.07) is 17.4. The van der Waals surface area contributed by atoms with Gasteiger partial charge < -0.3 is 5.32 Å². The first-order valence-electron chi connectivity index (χ1n) is 8.31. The Bertz CT molecular complexity index is 797. The molecule has 25 heavy (non-hydrogen) atoms.